The van der Waals surface area contributed by atoms with Crippen LogP contribution < -0.4 is 5.63 Å². The van der Waals surface area contributed by atoms with Crippen molar-refractivity contribution in [1.29, 1.82) is 0 Å². The normalized spacial score (nSPS) is 12.7. The topological polar surface area (TPSA) is 97.0 Å². The van der Waals surface area contributed by atoms with E-state index in [4.69, 9.17) is 9.15 Å². The minimum atomic E-state index is -1.17. The van der Waals surface area contributed by atoms with Crippen molar-refractivity contribution in [3.8, 4) is 0 Å². The van der Waals surface area contributed by atoms with Gasteiger partial charge in [0.1, 0.15) is 17.3 Å². The van der Waals surface area contributed by atoms with Gasteiger partial charge in [0.2, 0.25) is 0 Å². The lowest BCUT2D eigenvalue weighted by Gasteiger charge is -2.17. The third kappa shape index (κ3) is 4.54. The highest BCUT2D eigenvalue weighted by molar-refractivity contribution is 6.15. The van der Waals surface area contributed by atoms with Crippen LogP contribution >= 0.6 is 0 Å². The first kappa shape index (κ1) is 22.3. The van der Waals surface area contributed by atoms with E-state index in [0.717, 1.165) is 30.1 Å². The molecule has 6 heteroatoms. The van der Waals surface area contributed by atoms with Gasteiger partial charge in [0, 0.05) is 10.9 Å². The number of unbranched alkanes of at least 4 members (excludes halogenated alkanes) is 1. The van der Waals surface area contributed by atoms with Crippen LogP contribution in [-0.4, -0.2) is 23.3 Å². The van der Waals surface area contributed by atoms with Crippen LogP contribution in [0.2, 0.25) is 0 Å². The Balaban J connectivity index is 2.08. The maximum absolute atomic E-state index is 12.5. The van der Waals surface area contributed by atoms with E-state index in [1.165, 1.54) is 7.11 Å². The van der Waals surface area contributed by atoms with Crippen LogP contribution in [-0.2, 0) is 16.0 Å². The van der Waals surface area contributed by atoms with Crippen LogP contribution in [0.3, 0.4) is 0 Å². The van der Waals surface area contributed by atoms with Gasteiger partial charge < -0.3 is 19.4 Å². The molecule has 1 aromatic heterocycles. The maximum atomic E-state index is 12.5. The lowest BCUT2D eigenvalue weighted by Crippen LogP contribution is -2.11. The molecule has 0 radical (unpaired) electrons. The average molecular weight is 422 g/mol. The fraction of sp³-hybridized carbons (Fsp3) is 0.280. The minimum Gasteiger partial charge on any atom is -0.503 e. The van der Waals surface area contributed by atoms with Gasteiger partial charge in [-0.2, -0.15) is 0 Å². The summed E-state index contributed by atoms with van der Waals surface area (Å²) in [5, 5.41) is 21.4. The molecule has 0 saturated heterocycles. The van der Waals surface area contributed by atoms with E-state index >= 15 is 0 Å². The van der Waals surface area contributed by atoms with Crippen LogP contribution in [0, 0.1) is 6.92 Å². The Hall–Kier alpha value is -3.38. The second-order valence-electron chi connectivity index (χ2n) is 7.41. The summed E-state index contributed by atoms with van der Waals surface area (Å²) >= 11 is 0. The van der Waals surface area contributed by atoms with Gasteiger partial charge in [0.15, 0.2) is 0 Å². The molecule has 31 heavy (non-hydrogen) atoms. The average Bonchev–Trinajstić information content (AvgIpc) is 2.76. The Bertz CT molecular complexity index is 1190. The summed E-state index contributed by atoms with van der Waals surface area (Å²) in [6, 6.07) is 11.9. The maximum Gasteiger partial charge on any atom is 0.339 e. The van der Waals surface area contributed by atoms with Crippen LogP contribution in [0.15, 0.2) is 57.9 Å². The monoisotopic (exact) mass is 422 g/mol. The number of methoxy groups -OCH3 is 1. The number of aryl methyl sites for hydroxylation is 1. The summed E-state index contributed by atoms with van der Waals surface area (Å²) in [5.74, 6) is -1.17. The van der Waals surface area contributed by atoms with Crippen molar-refractivity contribution in [1.82, 2.24) is 0 Å². The van der Waals surface area contributed by atoms with Crippen molar-refractivity contribution in [2.75, 3.05) is 7.11 Å². The first-order valence-corrected chi connectivity index (χ1v) is 10.2. The van der Waals surface area contributed by atoms with Gasteiger partial charge >= 0.3 is 11.6 Å². The van der Waals surface area contributed by atoms with Gasteiger partial charge in [0.25, 0.3) is 0 Å². The Morgan fingerprint density at radius 1 is 1.23 bits per heavy atom. The van der Waals surface area contributed by atoms with Gasteiger partial charge in [-0.25, -0.2) is 9.59 Å². The Labute approximate surface area is 180 Å². The zero-order valence-corrected chi connectivity index (χ0v) is 17.8. The number of aliphatic carboxylic acids is 1. The van der Waals surface area contributed by atoms with E-state index in [1.807, 2.05) is 13.0 Å². The largest absolute Gasteiger partial charge is 0.503 e. The number of carboxylic acid groups (broad SMARTS) is 1. The lowest BCUT2D eigenvalue weighted by atomic mass is 9.92. The van der Waals surface area contributed by atoms with E-state index in [1.54, 1.807) is 36.4 Å². The number of fused-ring (bicyclic) bond motifs is 1. The second kappa shape index (κ2) is 9.62. The van der Waals surface area contributed by atoms with Gasteiger partial charge in [0.05, 0.1) is 13.4 Å². The quantitative estimate of drug-likeness (QED) is 0.313. The molecular formula is C25H26O6. The number of hydrogen-bond acceptors (Lipinski definition) is 5. The fourth-order valence-electron chi connectivity index (χ4n) is 3.73. The van der Waals surface area contributed by atoms with Crippen LogP contribution in [0.1, 0.15) is 53.7 Å². The van der Waals surface area contributed by atoms with E-state index in [2.05, 4.69) is 6.92 Å². The summed E-state index contributed by atoms with van der Waals surface area (Å²) in [5.41, 5.74) is 2.78. The van der Waals surface area contributed by atoms with Crippen molar-refractivity contribution in [2.45, 2.75) is 39.2 Å². The number of carbonyl (C=O) groups is 1. The fourth-order valence-corrected chi connectivity index (χ4v) is 3.73. The van der Waals surface area contributed by atoms with Crippen LogP contribution in [0.25, 0.3) is 16.5 Å². The summed E-state index contributed by atoms with van der Waals surface area (Å²) < 4.78 is 10.5. The molecule has 0 amide bonds. The molecule has 162 valence electrons. The predicted molar refractivity (Wildman–Crippen MR) is 119 cm³/mol. The van der Waals surface area contributed by atoms with Crippen LogP contribution in [0.4, 0.5) is 0 Å². The van der Waals surface area contributed by atoms with E-state index in [0.29, 0.717) is 34.3 Å². The van der Waals surface area contributed by atoms with E-state index < -0.39 is 12.1 Å². The molecule has 0 saturated carbocycles. The highest BCUT2D eigenvalue weighted by Gasteiger charge is 2.21. The molecule has 0 spiro atoms. The number of aliphatic hydroxyl groups excluding tert-OH is 1. The summed E-state index contributed by atoms with van der Waals surface area (Å²) in [6.45, 7) is 3.98. The van der Waals surface area contributed by atoms with Crippen molar-refractivity contribution in [2.24, 2.45) is 0 Å². The first-order valence-electron chi connectivity index (χ1n) is 10.2. The third-order valence-corrected chi connectivity index (χ3v) is 5.42. The molecule has 6 nitrogen and oxygen atoms in total. The summed E-state index contributed by atoms with van der Waals surface area (Å²) in [4.78, 5) is 24.2. The van der Waals surface area contributed by atoms with E-state index in [9.17, 15) is 19.8 Å². The number of benzene rings is 2. The molecule has 0 aliphatic carbocycles. The SMILES string of the molecule is CCCCc1c(C)c2ccc(C(O)c3ccccc3/C(=C\OC)C(=O)O)cc2oc1=O. The molecule has 1 atom stereocenters. The molecule has 3 rings (SSSR count). The lowest BCUT2D eigenvalue weighted by molar-refractivity contribution is -0.130. The number of ether oxygens (including phenoxy) is 1. The number of aliphatic hydroxyl groups is 1. The second-order valence-corrected chi connectivity index (χ2v) is 7.41. The molecule has 1 heterocycles. The number of rotatable bonds is 8. The number of carboxylic acids is 1. The number of hydrogen-bond donors (Lipinski definition) is 2. The highest BCUT2D eigenvalue weighted by Crippen LogP contribution is 2.32. The van der Waals surface area contributed by atoms with Gasteiger partial charge in [-0.05, 0) is 48.1 Å². The van der Waals surface area contributed by atoms with E-state index in [-0.39, 0.29) is 11.2 Å². The van der Waals surface area contributed by atoms with Crippen molar-refractivity contribution >= 4 is 22.5 Å². The molecular weight excluding hydrogens is 396 g/mol. The summed E-state index contributed by atoms with van der Waals surface area (Å²) in [7, 11) is 1.37. The first-order chi connectivity index (χ1) is 14.9. The minimum absolute atomic E-state index is 0.0686. The molecule has 2 aromatic carbocycles. The van der Waals surface area contributed by atoms with Crippen molar-refractivity contribution < 1.29 is 24.2 Å². The Morgan fingerprint density at radius 3 is 2.65 bits per heavy atom. The molecule has 0 aliphatic rings. The van der Waals surface area contributed by atoms with Crippen molar-refractivity contribution in [3.63, 3.8) is 0 Å². The molecule has 0 aliphatic heterocycles. The smallest absolute Gasteiger partial charge is 0.339 e. The van der Waals surface area contributed by atoms with Crippen molar-refractivity contribution in [3.05, 3.63) is 87.0 Å². The zero-order valence-electron chi connectivity index (χ0n) is 17.8. The predicted octanol–water partition coefficient (Wildman–Crippen LogP) is 4.60. The highest BCUT2D eigenvalue weighted by atomic mass is 16.5. The molecule has 2 N–H and O–H groups in total. The molecule has 0 bridgehead atoms. The van der Waals surface area contributed by atoms with Gasteiger partial charge in [-0.1, -0.05) is 49.7 Å². The van der Waals surface area contributed by atoms with Gasteiger partial charge in [-0.3, -0.25) is 0 Å². The Morgan fingerprint density at radius 2 is 1.97 bits per heavy atom. The van der Waals surface area contributed by atoms with Gasteiger partial charge in [-0.15, -0.1) is 0 Å². The standard InChI is InChI=1S/C25H26O6/c1-4-5-8-18-15(2)17-12-11-16(13-22(17)31-25(18)29)23(26)20-10-7-6-9-19(20)21(14-30-3)24(27)28/h6-7,9-14,23,26H,4-5,8H2,1-3H3,(H,27,28)/b21-14+. The zero-order chi connectivity index (χ0) is 22.5. The molecule has 0 fully saturated rings. The summed E-state index contributed by atoms with van der Waals surface area (Å²) in [6.07, 6.45) is 2.57. The van der Waals surface area contributed by atoms with Crippen LogP contribution in [0.5, 0.6) is 0 Å². The third-order valence-electron chi connectivity index (χ3n) is 5.42. The Kier molecular flexibility index (Phi) is 6.92. The molecule has 1 unspecified atom stereocenters. The molecule has 3 aromatic rings.